The van der Waals surface area contributed by atoms with E-state index in [1.807, 2.05) is 42.7 Å². The van der Waals surface area contributed by atoms with Gasteiger partial charge in [-0.25, -0.2) is 9.79 Å². The van der Waals surface area contributed by atoms with Crippen LogP contribution in [0.1, 0.15) is 31.0 Å². The third-order valence-corrected chi connectivity index (χ3v) is 8.58. The van der Waals surface area contributed by atoms with Crippen LogP contribution >= 0.6 is 23.1 Å². The lowest BCUT2D eigenvalue weighted by Crippen LogP contribution is -2.42. The van der Waals surface area contributed by atoms with Gasteiger partial charge in [0.2, 0.25) is 0 Å². The zero-order valence-corrected chi connectivity index (χ0v) is 24.8. The topological polar surface area (TPSA) is 99.4 Å². The van der Waals surface area contributed by atoms with E-state index in [0.717, 1.165) is 16.0 Å². The summed E-state index contributed by atoms with van der Waals surface area (Å²) in [7, 11) is 0. The smallest absolute Gasteiger partial charge is 0.338 e. The van der Waals surface area contributed by atoms with Crippen molar-refractivity contribution in [2.75, 3.05) is 45.8 Å². The average molecular weight is 594 g/mol. The number of rotatable bonds is 8. The minimum absolute atomic E-state index is 0.0436. The number of aromatic nitrogens is 1. The number of hydrogen-bond donors (Lipinski definition) is 0. The first kappa shape index (κ1) is 28.8. The van der Waals surface area contributed by atoms with E-state index in [4.69, 9.17) is 14.2 Å². The Morgan fingerprint density at radius 2 is 1.83 bits per heavy atom. The summed E-state index contributed by atoms with van der Waals surface area (Å²) in [6.07, 6.45) is 3.79. The molecular formula is C30H31N3O6S2. The number of benzene rings is 2. The number of morpholine rings is 1. The van der Waals surface area contributed by atoms with E-state index < -0.39 is 12.0 Å². The summed E-state index contributed by atoms with van der Waals surface area (Å²) >= 11 is 2.89. The van der Waals surface area contributed by atoms with Crippen molar-refractivity contribution >= 4 is 41.1 Å². The van der Waals surface area contributed by atoms with E-state index in [9.17, 15) is 14.4 Å². The molecule has 1 atom stereocenters. The van der Waals surface area contributed by atoms with Gasteiger partial charge in [0.15, 0.2) is 11.4 Å². The molecule has 5 rings (SSSR count). The van der Waals surface area contributed by atoms with Crippen molar-refractivity contribution in [3.63, 3.8) is 0 Å². The second-order valence-electron chi connectivity index (χ2n) is 9.43. The minimum Gasteiger partial charge on any atom is -0.484 e. The van der Waals surface area contributed by atoms with Crippen molar-refractivity contribution < 1.29 is 23.8 Å². The Kier molecular flexibility index (Phi) is 9.06. The highest BCUT2D eigenvalue weighted by Gasteiger charge is 2.33. The highest BCUT2D eigenvalue weighted by Crippen LogP contribution is 2.31. The number of allylic oxidation sites excluding steroid dienone is 1. The highest BCUT2D eigenvalue weighted by molar-refractivity contribution is 7.98. The molecule has 3 aromatic rings. The molecule has 0 spiro atoms. The Labute approximate surface area is 245 Å². The van der Waals surface area contributed by atoms with E-state index in [2.05, 4.69) is 4.99 Å². The van der Waals surface area contributed by atoms with E-state index in [0.29, 0.717) is 52.7 Å². The number of carbonyl (C=O) groups excluding carboxylic acids is 2. The van der Waals surface area contributed by atoms with E-state index in [-0.39, 0.29) is 24.7 Å². The maximum absolute atomic E-state index is 13.8. The van der Waals surface area contributed by atoms with Gasteiger partial charge >= 0.3 is 5.97 Å². The molecule has 0 unspecified atom stereocenters. The molecule has 214 valence electrons. The quantitative estimate of drug-likeness (QED) is 0.293. The summed E-state index contributed by atoms with van der Waals surface area (Å²) in [5.74, 6) is 0.00637. The van der Waals surface area contributed by atoms with Crippen molar-refractivity contribution in [1.82, 2.24) is 9.47 Å². The summed E-state index contributed by atoms with van der Waals surface area (Å²) in [4.78, 5) is 47.2. The third kappa shape index (κ3) is 6.32. The lowest BCUT2D eigenvalue weighted by atomic mass is 9.96. The number of thioether (sulfide) groups is 1. The SMILES string of the molecule is CCOC(=O)C1=C(C)N=c2s/c(=C/c3ccc(OCC(=O)N4CCOCC4)cc3)c(=O)n2[C@@H]1c1ccc(SC)cc1. The van der Waals surface area contributed by atoms with Gasteiger partial charge < -0.3 is 19.1 Å². The molecule has 2 aliphatic heterocycles. The zero-order valence-electron chi connectivity index (χ0n) is 23.1. The Morgan fingerprint density at radius 1 is 1.12 bits per heavy atom. The Morgan fingerprint density at radius 3 is 2.49 bits per heavy atom. The van der Waals surface area contributed by atoms with Gasteiger partial charge in [-0.2, -0.15) is 0 Å². The van der Waals surface area contributed by atoms with Crippen LogP contribution in [0.3, 0.4) is 0 Å². The first-order valence-electron chi connectivity index (χ1n) is 13.3. The molecule has 1 fully saturated rings. The molecule has 1 amide bonds. The molecule has 41 heavy (non-hydrogen) atoms. The van der Waals surface area contributed by atoms with Crippen LogP contribution in [0, 0.1) is 0 Å². The highest BCUT2D eigenvalue weighted by atomic mass is 32.2. The molecule has 1 saturated heterocycles. The van der Waals surface area contributed by atoms with Crippen LogP contribution in [0.25, 0.3) is 6.08 Å². The second-order valence-corrected chi connectivity index (χ2v) is 11.3. The molecule has 0 aliphatic carbocycles. The monoisotopic (exact) mass is 593 g/mol. The van der Waals surface area contributed by atoms with Gasteiger partial charge in [0.05, 0.1) is 41.7 Å². The lowest BCUT2D eigenvalue weighted by molar-refractivity contribution is -0.139. The maximum Gasteiger partial charge on any atom is 0.338 e. The number of hydrogen-bond acceptors (Lipinski definition) is 9. The van der Waals surface area contributed by atoms with E-state index in [1.54, 1.807) is 53.3 Å². The van der Waals surface area contributed by atoms with Gasteiger partial charge in [0.25, 0.3) is 11.5 Å². The lowest BCUT2D eigenvalue weighted by Gasteiger charge is -2.26. The van der Waals surface area contributed by atoms with Crippen LogP contribution in [0.4, 0.5) is 0 Å². The van der Waals surface area contributed by atoms with Gasteiger partial charge in [-0.15, -0.1) is 11.8 Å². The predicted molar refractivity (Wildman–Crippen MR) is 158 cm³/mol. The number of carbonyl (C=O) groups is 2. The molecular weight excluding hydrogens is 562 g/mol. The fourth-order valence-electron chi connectivity index (χ4n) is 4.75. The van der Waals surface area contributed by atoms with Crippen molar-refractivity contribution in [2.45, 2.75) is 24.8 Å². The number of amides is 1. The zero-order chi connectivity index (χ0) is 28.9. The van der Waals surface area contributed by atoms with Gasteiger partial charge in [-0.3, -0.25) is 14.2 Å². The van der Waals surface area contributed by atoms with Crippen LogP contribution in [0.15, 0.2) is 74.5 Å². The van der Waals surface area contributed by atoms with Crippen LogP contribution in [-0.4, -0.2) is 67.1 Å². The number of ether oxygens (including phenoxy) is 3. The number of nitrogens with zero attached hydrogens (tertiary/aromatic N) is 3. The summed E-state index contributed by atoms with van der Waals surface area (Å²) in [6, 6.07) is 14.4. The second kappa shape index (κ2) is 12.9. The van der Waals surface area contributed by atoms with Crippen molar-refractivity contribution in [2.24, 2.45) is 4.99 Å². The molecule has 0 radical (unpaired) electrons. The standard InChI is InChI=1S/C30H31N3O6S2/c1-4-38-29(36)26-19(2)31-30-33(27(26)21-7-11-23(40-3)12-8-21)28(35)24(41-30)17-20-5-9-22(10-6-20)39-18-25(34)32-13-15-37-16-14-32/h5-12,17,27H,4,13-16,18H2,1-3H3/b24-17+/t27-/m1/s1. The average Bonchev–Trinajstić information content (AvgIpc) is 3.30. The fourth-order valence-corrected chi connectivity index (χ4v) is 6.21. The van der Waals surface area contributed by atoms with Crippen molar-refractivity contribution in [3.8, 4) is 5.75 Å². The van der Waals surface area contributed by atoms with Gasteiger partial charge in [-0.05, 0) is 61.6 Å². The maximum atomic E-state index is 13.8. The summed E-state index contributed by atoms with van der Waals surface area (Å²) in [5, 5.41) is 0. The Hall–Kier alpha value is -3.67. The van der Waals surface area contributed by atoms with Crippen LogP contribution in [-0.2, 0) is 19.1 Å². The largest absolute Gasteiger partial charge is 0.484 e. The van der Waals surface area contributed by atoms with E-state index in [1.165, 1.54) is 11.3 Å². The molecule has 3 heterocycles. The predicted octanol–water partition coefficient (Wildman–Crippen LogP) is 2.76. The first-order valence-corrected chi connectivity index (χ1v) is 15.4. The molecule has 0 N–H and O–H groups in total. The normalized spacial score (nSPS) is 17.2. The van der Waals surface area contributed by atoms with Gasteiger partial charge in [-0.1, -0.05) is 35.6 Å². The summed E-state index contributed by atoms with van der Waals surface area (Å²) in [5.41, 5.74) is 2.25. The number of fused-ring (bicyclic) bond motifs is 1. The Bertz CT molecular complexity index is 1640. The number of thiazole rings is 1. The minimum atomic E-state index is -0.650. The summed E-state index contributed by atoms with van der Waals surface area (Å²) in [6.45, 7) is 5.93. The van der Waals surface area contributed by atoms with Gasteiger partial charge in [0, 0.05) is 18.0 Å². The van der Waals surface area contributed by atoms with Crippen molar-refractivity contribution in [1.29, 1.82) is 0 Å². The fraction of sp³-hybridized carbons (Fsp3) is 0.333. The van der Waals surface area contributed by atoms with Crippen LogP contribution in [0.5, 0.6) is 5.75 Å². The third-order valence-electron chi connectivity index (χ3n) is 6.85. The van der Waals surface area contributed by atoms with Crippen LogP contribution in [0.2, 0.25) is 0 Å². The molecule has 0 saturated carbocycles. The Balaban J connectivity index is 1.44. The summed E-state index contributed by atoms with van der Waals surface area (Å²) < 4.78 is 18.4. The molecule has 2 aliphatic rings. The van der Waals surface area contributed by atoms with Gasteiger partial charge in [0.1, 0.15) is 5.75 Å². The molecule has 1 aromatic heterocycles. The molecule has 11 heteroatoms. The molecule has 2 aromatic carbocycles. The first-order chi connectivity index (χ1) is 19.9. The number of esters is 1. The molecule has 0 bridgehead atoms. The van der Waals surface area contributed by atoms with Crippen molar-refractivity contribution in [3.05, 3.63) is 90.6 Å². The van der Waals surface area contributed by atoms with Crippen LogP contribution < -0.4 is 19.6 Å². The molecule has 9 nitrogen and oxygen atoms in total. The van der Waals surface area contributed by atoms with E-state index >= 15 is 0 Å².